The van der Waals surface area contributed by atoms with Gasteiger partial charge in [0.2, 0.25) is 5.91 Å². The fraction of sp³-hybridized carbons (Fsp3) is 0.731. The summed E-state index contributed by atoms with van der Waals surface area (Å²) < 4.78 is 26.9. The zero-order valence-corrected chi connectivity index (χ0v) is 21.8. The van der Waals surface area contributed by atoms with Crippen LogP contribution in [0, 0.1) is 0 Å². The van der Waals surface area contributed by atoms with E-state index >= 15 is 0 Å². The van der Waals surface area contributed by atoms with Gasteiger partial charge in [-0.25, -0.2) is 13.1 Å². The zero-order valence-electron chi connectivity index (χ0n) is 21.0. The third-order valence-electron chi connectivity index (χ3n) is 5.96. The molecule has 0 aliphatic heterocycles. The molecule has 0 aliphatic rings. The van der Waals surface area contributed by atoms with E-state index in [1.54, 1.807) is 19.2 Å². The molecule has 0 aromatic heterocycles. The molecule has 1 rings (SSSR count). The smallest absolute Gasteiger partial charge is 0.264 e. The van der Waals surface area contributed by atoms with E-state index in [4.69, 9.17) is 0 Å². The van der Waals surface area contributed by atoms with Gasteiger partial charge in [0.15, 0.2) is 0 Å². The Balaban J connectivity index is 2.03. The van der Waals surface area contributed by atoms with E-state index in [9.17, 15) is 13.2 Å². The van der Waals surface area contributed by atoms with Gasteiger partial charge in [-0.2, -0.15) is 0 Å². The van der Waals surface area contributed by atoms with Gasteiger partial charge in [-0.05, 0) is 31.2 Å². The summed E-state index contributed by atoms with van der Waals surface area (Å²) in [7, 11) is -2.03. The Bertz CT molecular complexity index is 721. The Kier molecular flexibility index (Phi) is 17.0. The lowest BCUT2D eigenvalue weighted by molar-refractivity contribution is -0.119. The number of nitrogens with one attached hydrogen (secondary N) is 3. The molecule has 33 heavy (non-hydrogen) atoms. The number of carbonyl (C=O) groups excluding carboxylic acids is 1. The number of hydrazine groups is 1. The van der Waals surface area contributed by atoms with Crippen LogP contribution in [-0.2, 0) is 21.4 Å². The molecule has 1 aromatic rings. The molecule has 3 N–H and O–H groups in total. The van der Waals surface area contributed by atoms with E-state index < -0.39 is 15.9 Å². The van der Waals surface area contributed by atoms with E-state index in [0.717, 1.165) is 24.8 Å². The van der Waals surface area contributed by atoms with Crippen LogP contribution in [0.5, 0.6) is 0 Å². The van der Waals surface area contributed by atoms with Crippen molar-refractivity contribution in [2.24, 2.45) is 0 Å². The lowest BCUT2D eigenvalue weighted by Gasteiger charge is -2.08. The number of hydrogen-bond acceptors (Lipinski definition) is 5. The fourth-order valence-corrected chi connectivity index (χ4v) is 4.91. The number of hydrogen-bond donors (Lipinski definition) is 3. The van der Waals surface area contributed by atoms with Gasteiger partial charge in [-0.3, -0.25) is 15.6 Å². The third-order valence-corrected chi connectivity index (χ3v) is 7.35. The van der Waals surface area contributed by atoms with Crippen molar-refractivity contribution in [2.45, 2.75) is 121 Å². The molecule has 190 valence electrons. The number of amides is 1. The van der Waals surface area contributed by atoms with Crippen molar-refractivity contribution >= 4 is 15.9 Å². The van der Waals surface area contributed by atoms with Crippen LogP contribution in [0.1, 0.15) is 115 Å². The van der Waals surface area contributed by atoms with E-state index in [2.05, 4.69) is 22.5 Å². The first-order valence-corrected chi connectivity index (χ1v) is 14.5. The van der Waals surface area contributed by atoms with Crippen LogP contribution < -0.4 is 15.6 Å². The number of rotatable bonds is 21. The van der Waals surface area contributed by atoms with Crippen LogP contribution in [0.3, 0.4) is 0 Å². The first-order valence-electron chi connectivity index (χ1n) is 13.0. The molecule has 6 nitrogen and oxygen atoms in total. The van der Waals surface area contributed by atoms with Crippen molar-refractivity contribution in [3.63, 3.8) is 0 Å². The van der Waals surface area contributed by atoms with Crippen molar-refractivity contribution in [3.8, 4) is 0 Å². The van der Waals surface area contributed by atoms with Gasteiger partial charge in [0.1, 0.15) is 0 Å². The summed E-state index contributed by atoms with van der Waals surface area (Å²) in [5.41, 5.74) is 6.71. The summed E-state index contributed by atoms with van der Waals surface area (Å²) in [5.74, 6) is -0.425. The van der Waals surface area contributed by atoms with Crippen LogP contribution in [-0.4, -0.2) is 21.4 Å². The summed E-state index contributed by atoms with van der Waals surface area (Å²) in [5, 5.41) is 0. The van der Waals surface area contributed by atoms with Crippen molar-refractivity contribution in [1.29, 1.82) is 0 Å². The maximum atomic E-state index is 12.4. The molecular formula is C26H47N3O3S. The average molecular weight is 482 g/mol. The van der Waals surface area contributed by atoms with Gasteiger partial charge in [-0.1, -0.05) is 109 Å². The van der Waals surface area contributed by atoms with Gasteiger partial charge in [0.05, 0.1) is 4.90 Å². The molecule has 0 saturated carbocycles. The van der Waals surface area contributed by atoms with E-state index in [0.29, 0.717) is 6.54 Å². The molecular weight excluding hydrogens is 434 g/mol. The molecule has 0 aliphatic carbocycles. The first-order chi connectivity index (χ1) is 16.0. The molecule has 0 saturated heterocycles. The minimum absolute atomic E-state index is 0.112. The number of sulfonamides is 1. The Hall–Kier alpha value is -1.44. The van der Waals surface area contributed by atoms with E-state index in [-0.39, 0.29) is 11.3 Å². The second kappa shape index (κ2) is 18.9. The minimum atomic E-state index is -3.80. The number of unbranched alkanes of at least 4 members (excludes halogenated alkanes) is 14. The Morgan fingerprint density at radius 3 is 1.64 bits per heavy atom. The van der Waals surface area contributed by atoms with E-state index in [1.165, 1.54) is 89.2 Å². The fourth-order valence-electron chi connectivity index (χ4n) is 3.89. The summed E-state index contributed by atoms with van der Waals surface area (Å²) in [6.45, 7) is 2.85. The van der Waals surface area contributed by atoms with Gasteiger partial charge in [-0.15, -0.1) is 0 Å². The van der Waals surface area contributed by atoms with Gasteiger partial charge in [0.25, 0.3) is 10.0 Å². The van der Waals surface area contributed by atoms with Crippen molar-refractivity contribution in [3.05, 3.63) is 29.8 Å². The van der Waals surface area contributed by atoms with Crippen molar-refractivity contribution in [1.82, 2.24) is 15.6 Å². The minimum Gasteiger partial charge on any atom is -0.274 e. The van der Waals surface area contributed by atoms with Crippen LogP contribution in [0.2, 0.25) is 0 Å². The number of carbonyl (C=O) groups is 1. The van der Waals surface area contributed by atoms with Crippen LogP contribution in [0.15, 0.2) is 29.2 Å². The molecule has 7 heteroatoms. The van der Waals surface area contributed by atoms with Gasteiger partial charge >= 0.3 is 0 Å². The van der Waals surface area contributed by atoms with Crippen LogP contribution in [0.4, 0.5) is 0 Å². The highest BCUT2D eigenvalue weighted by Gasteiger charge is 2.17. The van der Waals surface area contributed by atoms with Gasteiger partial charge < -0.3 is 0 Å². The molecule has 0 heterocycles. The Morgan fingerprint density at radius 1 is 0.727 bits per heavy atom. The first kappa shape index (κ1) is 29.6. The van der Waals surface area contributed by atoms with E-state index in [1.807, 2.05) is 0 Å². The lowest BCUT2D eigenvalue weighted by atomic mass is 10.0. The summed E-state index contributed by atoms with van der Waals surface area (Å²) >= 11 is 0. The SMILES string of the molecule is CCCCCCCCCCCCCCCCCC(=O)NS(=O)(=O)c1ccc(CNNC)cc1. The number of benzene rings is 1. The summed E-state index contributed by atoms with van der Waals surface area (Å²) in [6, 6.07) is 6.52. The zero-order chi connectivity index (χ0) is 24.2. The Labute approximate surface area is 202 Å². The molecule has 0 atom stereocenters. The molecule has 0 radical (unpaired) electrons. The largest absolute Gasteiger partial charge is 0.274 e. The molecule has 1 amide bonds. The molecule has 0 spiro atoms. The van der Waals surface area contributed by atoms with Crippen LogP contribution in [0.25, 0.3) is 0 Å². The third kappa shape index (κ3) is 15.2. The normalized spacial score (nSPS) is 11.6. The Morgan fingerprint density at radius 2 is 1.18 bits per heavy atom. The highest BCUT2D eigenvalue weighted by molar-refractivity contribution is 7.90. The standard InChI is InChI=1S/C26H47N3O3S/c1-3-4-5-6-7-8-9-10-11-12-13-14-15-16-17-18-26(30)29-33(31,32)25-21-19-24(20-22-25)23-28-27-2/h19-22,27-28H,3-18,23H2,1-2H3,(H,29,30). The molecule has 0 bridgehead atoms. The highest BCUT2D eigenvalue weighted by Crippen LogP contribution is 2.14. The van der Waals surface area contributed by atoms with Crippen molar-refractivity contribution in [2.75, 3.05) is 7.05 Å². The summed E-state index contributed by atoms with van der Waals surface area (Å²) in [4.78, 5) is 12.2. The predicted octanol–water partition coefficient (Wildman–Crippen LogP) is 5.98. The second-order valence-corrected chi connectivity index (χ2v) is 10.7. The topological polar surface area (TPSA) is 87.3 Å². The predicted molar refractivity (Wildman–Crippen MR) is 137 cm³/mol. The maximum Gasteiger partial charge on any atom is 0.264 e. The van der Waals surface area contributed by atoms with Crippen LogP contribution >= 0.6 is 0 Å². The monoisotopic (exact) mass is 481 g/mol. The maximum absolute atomic E-state index is 12.4. The summed E-state index contributed by atoms with van der Waals surface area (Å²) in [6.07, 6.45) is 19.2. The molecule has 0 unspecified atom stereocenters. The van der Waals surface area contributed by atoms with Gasteiger partial charge in [0, 0.05) is 13.0 Å². The lowest BCUT2D eigenvalue weighted by Crippen LogP contribution is -2.30. The highest BCUT2D eigenvalue weighted by atomic mass is 32.2. The van der Waals surface area contributed by atoms with Crippen molar-refractivity contribution < 1.29 is 13.2 Å². The second-order valence-electron chi connectivity index (χ2n) is 8.98. The molecule has 0 fully saturated rings. The average Bonchev–Trinajstić information content (AvgIpc) is 2.80. The molecule has 1 aromatic carbocycles. The quantitative estimate of drug-likeness (QED) is 0.149.